The molecule has 0 amide bonds. The zero-order valence-corrected chi connectivity index (χ0v) is 11.4. The molecule has 2 bridgehead atoms. The largest absolute Gasteiger partial charge is 0.481 e. The van der Waals surface area contributed by atoms with Crippen LogP contribution in [-0.4, -0.2) is 34.6 Å². The highest BCUT2D eigenvalue weighted by molar-refractivity contribution is 5.71. The molecule has 3 nitrogen and oxygen atoms in total. The molecule has 2 aliphatic rings. The van der Waals surface area contributed by atoms with Crippen molar-refractivity contribution in [2.45, 2.75) is 44.7 Å². The van der Waals surface area contributed by atoms with Crippen LogP contribution in [0.15, 0.2) is 24.3 Å². The van der Waals surface area contributed by atoms with Crippen LogP contribution in [-0.2, 0) is 11.2 Å². The number of hydrogen-bond donors (Lipinski definition) is 1. The molecule has 3 rings (SSSR count). The summed E-state index contributed by atoms with van der Waals surface area (Å²) in [5.74, 6) is -0.732. The Labute approximate surface area is 114 Å². The van der Waals surface area contributed by atoms with Gasteiger partial charge in [-0.3, -0.25) is 9.69 Å². The monoisotopic (exact) mass is 259 g/mol. The van der Waals surface area contributed by atoms with Gasteiger partial charge in [-0.25, -0.2) is 0 Å². The molecule has 0 aliphatic carbocycles. The lowest BCUT2D eigenvalue weighted by molar-refractivity contribution is -0.142. The van der Waals surface area contributed by atoms with Crippen molar-refractivity contribution in [3.63, 3.8) is 0 Å². The van der Waals surface area contributed by atoms with Crippen molar-refractivity contribution in [1.29, 1.82) is 0 Å². The fraction of sp³-hybridized carbons (Fsp3) is 0.562. The Hall–Kier alpha value is -1.35. The highest BCUT2D eigenvalue weighted by Gasteiger charge is 2.48. The van der Waals surface area contributed by atoms with Crippen LogP contribution in [0.25, 0.3) is 0 Å². The van der Waals surface area contributed by atoms with Gasteiger partial charge < -0.3 is 5.11 Å². The molecular weight excluding hydrogens is 238 g/mol. The number of carboxylic acids is 1. The summed E-state index contributed by atoms with van der Waals surface area (Å²) in [6.45, 7) is 3.10. The first-order valence-electron chi connectivity index (χ1n) is 7.19. The van der Waals surface area contributed by atoms with Gasteiger partial charge in [0.1, 0.15) is 0 Å². The number of carboxylic acid groups (broad SMARTS) is 1. The SMILES string of the molecule is Cc1ccc(CCN2C3CCC2C(C(=O)O)C3)cc1. The van der Waals surface area contributed by atoms with Crippen LogP contribution >= 0.6 is 0 Å². The van der Waals surface area contributed by atoms with Crippen LogP contribution in [0.4, 0.5) is 0 Å². The highest BCUT2D eigenvalue weighted by atomic mass is 16.4. The lowest BCUT2D eigenvalue weighted by Crippen LogP contribution is -2.34. The number of nitrogens with zero attached hydrogens (tertiary/aromatic N) is 1. The van der Waals surface area contributed by atoms with Gasteiger partial charge in [-0.05, 0) is 38.2 Å². The Balaban J connectivity index is 1.62. The number of benzene rings is 1. The second-order valence-electron chi connectivity index (χ2n) is 5.95. The van der Waals surface area contributed by atoms with Crippen molar-refractivity contribution in [2.75, 3.05) is 6.54 Å². The molecule has 1 N–H and O–H groups in total. The smallest absolute Gasteiger partial charge is 0.308 e. The molecule has 0 aromatic heterocycles. The van der Waals surface area contributed by atoms with Gasteiger partial charge in [-0.1, -0.05) is 29.8 Å². The van der Waals surface area contributed by atoms with Crippen molar-refractivity contribution < 1.29 is 9.90 Å². The van der Waals surface area contributed by atoms with Crippen molar-refractivity contribution in [3.8, 4) is 0 Å². The average molecular weight is 259 g/mol. The summed E-state index contributed by atoms with van der Waals surface area (Å²) < 4.78 is 0. The van der Waals surface area contributed by atoms with Crippen LogP contribution in [0.2, 0.25) is 0 Å². The third-order valence-corrected chi connectivity index (χ3v) is 4.78. The zero-order chi connectivity index (χ0) is 13.4. The van der Waals surface area contributed by atoms with E-state index in [2.05, 4.69) is 36.1 Å². The van der Waals surface area contributed by atoms with Gasteiger partial charge in [-0.2, -0.15) is 0 Å². The van der Waals surface area contributed by atoms with E-state index in [0.29, 0.717) is 6.04 Å². The Morgan fingerprint density at radius 2 is 2.05 bits per heavy atom. The van der Waals surface area contributed by atoms with Crippen LogP contribution in [0, 0.1) is 12.8 Å². The predicted octanol–water partition coefficient (Wildman–Crippen LogP) is 2.48. The van der Waals surface area contributed by atoms with Crippen molar-refractivity contribution in [2.24, 2.45) is 5.92 Å². The molecule has 2 heterocycles. The third kappa shape index (κ3) is 2.39. The number of aliphatic carboxylic acids is 1. The molecule has 2 saturated heterocycles. The molecular formula is C16H21NO2. The number of hydrogen-bond acceptors (Lipinski definition) is 2. The molecule has 19 heavy (non-hydrogen) atoms. The maximum Gasteiger partial charge on any atom is 0.308 e. The molecule has 3 heteroatoms. The van der Waals surface area contributed by atoms with Gasteiger partial charge in [0.05, 0.1) is 5.92 Å². The second-order valence-corrected chi connectivity index (χ2v) is 5.95. The van der Waals surface area contributed by atoms with E-state index in [-0.39, 0.29) is 12.0 Å². The summed E-state index contributed by atoms with van der Waals surface area (Å²) in [7, 11) is 0. The average Bonchev–Trinajstić information content (AvgIpc) is 2.95. The fourth-order valence-electron chi connectivity index (χ4n) is 3.73. The van der Waals surface area contributed by atoms with E-state index >= 15 is 0 Å². The fourth-order valence-corrected chi connectivity index (χ4v) is 3.73. The van der Waals surface area contributed by atoms with Crippen LogP contribution < -0.4 is 0 Å². The van der Waals surface area contributed by atoms with Gasteiger partial charge in [0, 0.05) is 18.6 Å². The summed E-state index contributed by atoms with van der Waals surface area (Å²) in [5.41, 5.74) is 2.64. The van der Waals surface area contributed by atoms with E-state index in [4.69, 9.17) is 0 Å². The van der Waals surface area contributed by atoms with Gasteiger partial charge in [0.2, 0.25) is 0 Å². The van der Waals surface area contributed by atoms with Crippen molar-refractivity contribution in [3.05, 3.63) is 35.4 Å². The third-order valence-electron chi connectivity index (χ3n) is 4.78. The Morgan fingerprint density at radius 1 is 1.32 bits per heavy atom. The van der Waals surface area contributed by atoms with E-state index in [1.54, 1.807) is 0 Å². The normalized spacial score (nSPS) is 29.8. The molecule has 2 aliphatic heterocycles. The summed E-state index contributed by atoms with van der Waals surface area (Å²) in [6, 6.07) is 9.45. The minimum Gasteiger partial charge on any atom is -0.481 e. The topological polar surface area (TPSA) is 40.5 Å². The van der Waals surface area contributed by atoms with E-state index in [9.17, 15) is 9.90 Å². The minimum atomic E-state index is -0.604. The quantitative estimate of drug-likeness (QED) is 0.903. The van der Waals surface area contributed by atoms with E-state index < -0.39 is 5.97 Å². The van der Waals surface area contributed by atoms with Gasteiger partial charge in [-0.15, -0.1) is 0 Å². The van der Waals surface area contributed by atoms with Crippen LogP contribution in [0.3, 0.4) is 0 Å². The van der Waals surface area contributed by atoms with Crippen LogP contribution in [0.1, 0.15) is 30.4 Å². The van der Waals surface area contributed by atoms with E-state index in [1.807, 2.05) is 0 Å². The van der Waals surface area contributed by atoms with E-state index in [0.717, 1.165) is 25.8 Å². The summed E-state index contributed by atoms with van der Waals surface area (Å²) in [6.07, 6.45) is 4.13. The first-order valence-corrected chi connectivity index (χ1v) is 7.19. The Kier molecular flexibility index (Phi) is 3.31. The molecule has 3 unspecified atom stereocenters. The van der Waals surface area contributed by atoms with Gasteiger partial charge in [0.15, 0.2) is 0 Å². The molecule has 1 aromatic carbocycles. The molecule has 102 valence electrons. The molecule has 1 aromatic rings. The molecule has 3 atom stereocenters. The Morgan fingerprint density at radius 3 is 2.68 bits per heavy atom. The number of fused-ring (bicyclic) bond motifs is 2. The first kappa shape index (κ1) is 12.7. The van der Waals surface area contributed by atoms with Gasteiger partial charge >= 0.3 is 5.97 Å². The standard InChI is InChI=1S/C16H21NO2/c1-11-2-4-12(5-3-11)8-9-17-13-6-7-15(17)14(10-13)16(18)19/h2-5,13-15H,6-10H2,1H3,(H,18,19). The maximum absolute atomic E-state index is 11.2. The summed E-state index contributed by atoms with van der Waals surface area (Å²) in [4.78, 5) is 13.7. The zero-order valence-electron chi connectivity index (χ0n) is 11.4. The first-order chi connectivity index (χ1) is 9.15. The van der Waals surface area contributed by atoms with Crippen molar-refractivity contribution in [1.82, 2.24) is 4.90 Å². The number of rotatable bonds is 4. The second kappa shape index (κ2) is 4.97. The summed E-state index contributed by atoms with van der Waals surface area (Å²) >= 11 is 0. The molecule has 0 spiro atoms. The Bertz CT molecular complexity index is 468. The minimum absolute atomic E-state index is 0.128. The highest BCUT2D eigenvalue weighted by Crippen LogP contribution is 2.41. The molecule has 0 saturated carbocycles. The predicted molar refractivity (Wildman–Crippen MR) is 74.1 cm³/mol. The lowest BCUT2D eigenvalue weighted by atomic mass is 9.89. The number of aryl methyl sites for hydroxylation is 1. The van der Waals surface area contributed by atoms with E-state index in [1.165, 1.54) is 17.5 Å². The molecule has 0 radical (unpaired) electrons. The number of carbonyl (C=O) groups is 1. The molecule has 2 fully saturated rings. The maximum atomic E-state index is 11.2. The van der Waals surface area contributed by atoms with Crippen LogP contribution in [0.5, 0.6) is 0 Å². The van der Waals surface area contributed by atoms with Crippen molar-refractivity contribution >= 4 is 5.97 Å². The van der Waals surface area contributed by atoms with Gasteiger partial charge in [0.25, 0.3) is 0 Å². The lowest BCUT2D eigenvalue weighted by Gasteiger charge is -2.22. The summed E-state index contributed by atoms with van der Waals surface area (Å²) in [5, 5.41) is 9.24.